The molecule has 0 spiro atoms. The quantitative estimate of drug-likeness (QED) is 0.891. The highest BCUT2D eigenvalue weighted by Gasteiger charge is 2.29. The predicted molar refractivity (Wildman–Crippen MR) is 75.8 cm³/mol. The largest absolute Gasteiger partial charge is 0.391 e. The Balaban J connectivity index is 2.27. The van der Waals surface area contributed by atoms with Gasteiger partial charge in [0.05, 0.1) is 12.1 Å². The van der Waals surface area contributed by atoms with Crippen LogP contribution in [0.4, 0.5) is 14.5 Å². The van der Waals surface area contributed by atoms with E-state index in [1.807, 2.05) is 0 Å². The van der Waals surface area contributed by atoms with E-state index >= 15 is 0 Å². The van der Waals surface area contributed by atoms with E-state index in [1.165, 1.54) is 12.1 Å². The monoisotopic (exact) mass is 284 g/mol. The Bertz CT molecular complexity index is 444. The van der Waals surface area contributed by atoms with Crippen LogP contribution in [0.3, 0.4) is 0 Å². The molecule has 1 fully saturated rings. The summed E-state index contributed by atoms with van der Waals surface area (Å²) in [5.41, 5.74) is 0.527. The zero-order valence-electron chi connectivity index (χ0n) is 12.0. The third-order valence-corrected chi connectivity index (χ3v) is 4.00. The van der Waals surface area contributed by atoms with Crippen molar-refractivity contribution in [3.05, 3.63) is 29.3 Å². The number of aliphatic hydroxyl groups excluding tert-OH is 1. The van der Waals surface area contributed by atoms with E-state index in [9.17, 15) is 13.9 Å². The molecule has 3 nitrogen and oxygen atoms in total. The number of aliphatic hydroxyl groups is 1. The third-order valence-electron chi connectivity index (χ3n) is 4.00. The molecule has 0 aliphatic heterocycles. The van der Waals surface area contributed by atoms with Crippen LogP contribution in [0.2, 0.25) is 0 Å². The van der Waals surface area contributed by atoms with Crippen molar-refractivity contribution in [3.8, 4) is 0 Å². The zero-order chi connectivity index (χ0) is 14.7. The van der Waals surface area contributed by atoms with Crippen LogP contribution in [-0.4, -0.2) is 31.3 Å². The number of hydrogen-bond donors (Lipinski definition) is 2. The summed E-state index contributed by atoms with van der Waals surface area (Å²) in [5, 5.41) is 12.9. The van der Waals surface area contributed by atoms with Crippen molar-refractivity contribution in [3.63, 3.8) is 0 Å². The summed E-state index contributed by atoms with van der Waals surface area (Å²) in [4.78, 5) is 1.55. The maximum atomic E-state index is 14.2. The van der Waals surface area contributed by atoms with Gasteiger partial charge in [-0.05, 0) is 37.6 Å². The highest BCUT2D eigenvalue weighted by Crippen LogP contribution is 2.30. The fraction of sp³-hybridized carbons (Fsp3) is 0.600. The molecule has 1 aliphatic rings. The highest BCUT2D eigenvalue weighted by molar-refractivity contribution is 5.51. The number of likely N-dealkylation sites (N-methyl/N-ethyl adjacent to an activating group) is 1. The normalized spacial score (nSPS) is 22.9. The molecule has 0 amide bonds. The molecule has 0 aromatic heterocycles. The molecule has 1 saturated carbocycles. The molecule has 0 bridgehead atoms. The van der Waals surface area contributed by atoms with Gasteiger partial charge in [-0.25, -0.2) is 8.78 Å². The van der Waals surface area contributed by atoms with E-state index in [0.29, 0.717) is 18.5 Å². The summed E-state index contributed by atoms with van der Waals surface area (Å²) in [6.07, 6.45) is 2.87. The summed E-state index contributed by atoms with van der Waals surface area (Å²) in [6.45, 7) is 0.421. The van der Waals surface area contributed by atoms with Gasteiger partial charge in [-0.15, -0.1) is 0 Å². The van der Waals surface area contributed by atoms with Gasteiger partial charge in [-0.3, -0.25) is 0 Å². The maximum Gasteiger partial charge on any atom is 0.149 e. The Morgan fingerprint density at radius 1 is 1.25 bits per heavy atom. The van der Waals surface area contributed by atoms with Crippen LogP contribution in [0, 0.1) is 11.6 Å². The van der Waals surface area contributed by atoms with E-state index in [2.05, 4.69) is 5.32 Å². The van der Waals surface area contributed by atoms with Crippen LogP contribution >= 0.6 is 0 Å². The number of anilines is 1. The van der Waals surface area contributed by atoms with Gasteiger partial charge < -0.3 is 15.3 Å². The second-order valence-corrected chi connectivity index (χ2v) is 5.47. The van der Waals surface area contributed by atoms with Crippen molar-refractivity contribution >= 4 is 5.69 Å². The predicted octanol–water partition coefficient (Wildman–Crippen LogP) is 2.42. The Hall–Kier alpha value is -1.20. The summed E-state index contributed by atoms with van der Waals surface area (Å²) in [7, 11) is 3.38. The summed E-state index contributed by atoms with van der Waals surface area (Å²) < 4.78 is 28.4. The average Bonchev–Trinajstić information content (AvgIpc) is 2.38. The van der Waals surface area contributed by atoms with Gasteiger partial charge in [0.15, 0.2) is 0 Å². The number of benzene rings is 1. The zero-order valence-corrected chi connectivity index (χ0v) is 12.0. The topological polar surface area (TPSA) is 35.5 Å². The second kappa shape index (κ2) is 6.50. The maximum absolute atomic E-state index is 14.2. The van der Waals surface area contributed by atoms with E-state index in [4.69, 9.17) is 0 Å². The first-order valence-electron chi connectivity index (χ1n) is 7.08. The SMILES string of the molecule is CNCc1cc(F)c(N(C)C2CCCCC2O)c(F)c1. The molecule has 112 valence electrons. The summed E-state index contributed by atoms with van der Waals surface area (Å²) >= 11 is 0. The van der Waals surface area contributed by atoms with Crippen LogP contribution in [0.25, 0.3) is 0 Å². The molecule has 0 saturated heterocycles. The van der Waals surface area contributed by atoms with Gasteiger partial charge in [-0.2, -0.15) is 0 Å². The lowest BCUT2D eigenvalue weighted by Gasteiger charge is -2.36. The number of nitrogens with one attached hydrogen (secondary N) is 1. The first-order chi connectivity index (χ1) is 9.54. The van der Waals surface area contributed by atoms with Crippen molar-refractivity contribution < 1.29 is 13.9 Å². The van der Waals surface area contributed by atoms with Gasteiger partial charge in [0.2, 0.25) is 0 Å². The Morgan fingerprint density at radius 3 is 2.40 bits per heavy atom. The van der Waals surface area contributed by atoms with Crippen LogP contribution in [-0.2, 0) is 6.54 Å². The van der Waals surface area contributed by atoms with Crippen molar-refractivity contribution in [2.24, 2.45) is 0 Å². The first-order valence-corrected chi connectivity index (χ1v) is 7.08. The summed E-state index contributed by atoms with van der Waals surface area (Å²) in [6, 6.07) is 2.48. The molecule has 2 atom stereocenters. The van der Waals surface area contributed by atoms with Crippen molar-refractivity contribution in [2.75, 3.05) is 19.0 Å². The Labute approximate surface area is 118 Å². The molecular formula is C15H22F2N2O. The van der Waals surface area contributed by atoms with E-state index in [1.54, 1.807) is 19.0 Å². The van der Waals surface area contributed by atoms with Gasteiger partial charge in [0.1, 0.15) is 17.3 Å². The average molecular weight is 284 g/mol. The Kier molecular flexibility index (Phi) is 4.94. The van der Waals surface area contributed by atoms with Crippen LogP contribution < -0.4 is 10.2 Å². The lowest BCUT2D eigenvalue weighted by molar-refractivity contribution is 0.105. The molecule has 0 heterocycles. The lowest BCUT2D eigenvalue weighted by atomic mass is 9.91. The summed E-state index contributed by atoms with van der Waals surface area (Å²) in [5.74, 6) is -1.15. The van der Waals surface area contributed by atoms with E-state index in [0.717, 1.165) is 19.3 Å². The van der Waals surface area contributed by atoms with E-state index in [-0.39, 0.29) is 11.7 Å². The molecule has 2 unspecified atom stereocenters. The number of hydrogen-bond acceptors (Lipinski definition) is 3. The minimum Gasteiger partial charge on any atom is -0.391 e. The van der Waals surface area contributed by atoms with Crippen LogP contribution in [0.1, 0.15) is 31.2 Å². The van der Waals surface area contributed by atoms with Crippen molar-refractivity contribution in [1.29, 1.82) is 0 Å². The molecule has 1 aromatic rings. The standard InChI is InChI=1S/C15H22F2N2O/c1-18-9-10-7-11(16)15(12(17)8-10)19(2)13-5-3-4-6-14(13)20/h7-8,13-14,18,20H,3-6,9H2,1-2H3. The van der Waals surface area contributed by atoms with Gasteiger partial charge in [0.25, 0.3) is 0 Å². The molecule has 20 heavy (non-hydrogen) atoms. The smallest absolute Gasteiger partial charge is 0.149 e. The molecular weight excluding hydrogens is 262 g/mol. The van der Waals surface area contributed by atoms with Gasteiger partial charge in [0, 0.05) is 13.6 Å². The number of rotatable bonds is 4. The fourth-order valence-corrected chi connectivity index (χ4v) is 2.97. The van der Waals surface area contributed by atoms with Crippen molar-refractivity contribution in [2.45, 2.75) is 44.4 Å². The third kappa shape index (κ3) is 3.10. The lowest BCUT2D eigenvalue weighted by Crippen LogP contribution is -2.44. The molecule has 0 radical (unpaired) electrons. The van der Waals surface area contributed by atoms with Gasteiger partial charge in [-0.1, -0.05) is 12.8 Å². The Morgan fingerprint density at radius 2 is 1.85 bits per heavy atom. The second-order valence-electron chi connectivity index (χ2n) is 5.47. The van der Waals surface area contributed by atoms with Crippen molar-refractivity contribution in [1.82, 2.24) is 5.32 Å². The highest BCUT2D eigenvalue weighted by atomic mass is 19.1. The molecule has 2 rings (SSSR count). The number of nitrogens with zero attached hydrogens (tertiary/aromatic N) is 1. The van der Waals surface area contributed by atoms with E-state index < -0.39 is 17.7 Å². The first kappa shape index (κ1) is 15.2. The number of halogens is 2. The van der Waals surface area contributed by atoms with Crippen LogP contribution in [0.5, 0.6) is 0 Å². The molecule has 1 aliphatic carbocycles. The van der Waals surface area contributed by atoms with Gasteiger partial charge >= 0.3 is 0 Å². The molecule has 2 N–H and O–H groups in total. The minimum atomic E-state index is -0.574. The fourth-order valence-electron chi connectivity index (χ4n) is 2.97. The molecule has 1 aromatic carbocycles. The molecule has 5 heteroatoms. The minimum absolute atomic E-state index is 0.0456. The van der Waals surface area contributed by atoms with Crippen LogP contribution in [0.15, 0.2) is 12.1 Å².